The van der Waals surface area contributed by atoms with Gasteiger partial charge in [0.25, 0.3) is 0 Å². The number of likely N-dealkylation sites (tertiary alicyclic amines) is 1. The van der Waals surface area contributed by atoms with E-state index < -0.39 is 0 Å². The third-order valence-corrected chi connectivity index (χ3v) is 5.55. The molecule has 1 aliphatic rings. The standard InChI is InChI=1S/C23H31N3O.ClH/c1-18(2)26(14-19-9-5-3-6-10-19)23(27)17-25-15-21(13-24)22(16-25)20-11-7-4-8-12-20;/h3-12,18,21-22H,13-17,24H2,1-2H3;1H/t21-,22+;/m1./s1. The summed E-state index contributed by atoms with van der Waals surface area (Å²) in [6.07, 6.45) is 0. The number of nitrogens with zero attached hydrogens (tertiary/aromatic N) is 2. The maximum absolute atomic E-state index is 13.0. The minimum atomic E-state index is 0. The number of amides is 1. The average Bonchev–Trinajstić information content (AvgIpc) is 3.10. The van der Waals surface area contributed by atoms with Crippen molar-refractivity contribution in [3.63, 3.8) is 0 Å². The van der Waals surface area contributed by atoms with E-state index in [4.69, 9.17) is 5.73 Å². The molecule has 1 aliphatic heterocycles. The Hall–Kier alpha value is -1.88. The van der Waals surface area contributed by atoms with Crippen molar-refractivity contribution in [1.29, 1.82) is 0 Å². The molecule has 0 aromatic heterocycles. The average molecular weight is 402 g/mol. The molecule has 0 unspecified atom stereocenters. The van der Waals surface area contributed by atoms with Crippen LogP contribution in [0.2, 0.25) is 0 Å². The van der Waals surface area contributed by atoms with E-state index in [2.05, 4.69) is 55.1 Å². The lowest BCUT2D eigenvalue weighted by molar-refractivity contribution is -0.134. The topological polar surface area (TPSA) is 49.6 Å². The van der Waals surface area contributed by atoms with Crippen molar-refractivity contribution < 1.29 is 4.79 Å². The monoisotopic (exact) mass is 401 g/mol. The van der Waals surface area contributed by atoms with Crippen LogP contribution < -0.4 is 5.73 Å². The fourth-order valence-electron chi connectivity index (χ4n) is 4.03. The Morgan fingerprint density at radius 1 is 1.07 bits per heavy atom. The molecule has 4 nitrogen and oxygen atoms in total. The first kappa shape index (κ1) is 22.4. The molecule has 1 saturated heterocycles. The molecule has 2 atom stereocenters. The molecule has 5 heteroatoms. The Kier molecular flexibility index (Phi) is 8.49. The highest BCUT2D eigenvalue weighted by Gasteiger charge is 2.34. The highest BCUT2D eigenvalue weighted by molar-refractivity contribution is 5.85. The third-order valence-electron chi connectivity index (χ3n) is 5.55. The van der Waals surface area contributed by atoms with Crippen molar-refractivity contribution in [2.45, 2.75) is 32.4 Å². The highest BCUT2D eigenvalue weighted by Crippen LogP contribution is 2.32. The number of halogens is 1. The van der Waals surface area contributed by atoms with Crippen LogP contribution >= 0.6 is 12.4 Å². The Morgan fingerprint density at radius 3 is 2.25 bits per heavy atom. The number of carbonyl (C=O) groups is 1. The third kappa shape index (κ3) is 5.57. The molecule has 0 spiro atoms. The maximum atomic E-state index is 13.0. The van der Waals surface area contributed by atoms with E-state index in [1.165, 1.54) is 11.1 Å². The van der Waals surface area contributed by atoms with Gasteiger partial charge in [0.15, 0.2) is 0 Å². The molecular formula is C23H32ClN3O. The second-order valence-electron chi connectivity index (χ2n) is 7.81. The van der Waals surface area contributed by atoms with Crippen molar-refractivity contribution in [2.24, 2.45) is 11.7 Å². The summed E-state index contributed by atoms with van der Waals surface area (Å²) in [7, 11) is 0. The largest absolute Gasteiger partial charge is 0.335 e. The quantitative estimate of drug-likeness (QED) is 0.772. The van der Waals surface area contributed by atoms with Gasteiger partial charge in [-0.2, -0.15) is 0 Å². The minimum absolute atomic E-state index is 0. The van der Waals surface area contributed by atoms with E-state index >= 15 is 0 Å². The van der Waals surface area contributed by atoms with Gasteiger partial charge >= 0.3 is 0 Å². The maximum Gasteiger partial charge on any atom is 0.237 e. The Bertz CT molecular complexity index is 723. The first-order chi connectivity index (χ1) is 13.1. The molecule has 1 fully saturated rings. The van der Waals surface area contributed by atoms with Crippen LogP contribution in [-0.2, 0) is 11.3 Å². The van der Waals surface area contributed by atoms with Crippen LogP contribution in [0.25, 0.3) is 0 Å². The fourth-order valence-corrected chi connectivity index (χ4v) is 4.03. The fraction of sp³-hybridized carbons (Fsp3) is 0.435. The van der Waals surface area contributed by atoms with Crippen molar-refractivity contribution in [2.75, 3.05) is 26.2 Å². The number of carbonyl (C=O) groups excluding carboxylic acids is 1. The second-order valence-corrected chi connectivity index (χ2v) is 7.81. The molecule has 0 radical (unpaired) electrons. The Labute approximate surface area is 175 Å². The van der Waals surface area contributed by atoms with Gasteiger partial charge in [0.05, 0.1) is 6.54 Å². The molecule has 2 aromatic rings. The lowest BCUT2D eigenvalue weighted by Gasteiger charge is -2.29. The molecule has 152 valence electrons. The van der Waals surface area contributed by atoms with Crippen LogP contribution in [0.15, 0.2) is 60.7 Å². The van der Waals surface area contributed by atoms with Crippen LogP contribution in [0, 0.1) is 5.92 Å². The van der Waals surface area contributed by atoms with Crippen molar-refractivity contribution in [1.82, 2.24) is 9.80 Å². The van der Waals surface area contributed by atoms with Gasteiger partial charge in [-0.25, -0.2) is 0 Å². The van der Waals surface area contributed by atoms with Crippen LogP contribution in [0.5, 0.6) is 0 Å². The van der Waals surface area contributed by atoms with Crippen molar-refractivity contribution >= 4 is 18.3 Å². The molecule has 1 heterocycles. The van der Waals surface area contributed by atoms with Gasteiger partial charge in [0.2, 0.25) is 5.91 Å². The molecule has 3 rings (SSSR count). The number of nitrogens with two attached hydrogens (primary N) is 1. The molecule has 2 aromatic carbocycles. The van der Waals surface area contributed by atoms with Gasteiger partial charge in [0.1, 0.15) is 0 Å². The highest BCUT2D eigenvalue weighted by atomic mass is 35.5. The lowest BCUT2D eigenvalue weighted by Crippen LogP contribution is -2.43. The van der Waals surface area contributed by atoms with E-state index in [9.17, 15) is 4.79 Å². The molecule has 2 N–H and O–H groups in total. The number of rotatable bonds is 7. The summed E-state index contributed by atoms with van der Waals surface area (Å²) in [4.78, 5) is 17.3. The zero-order valence-electron chi connectivity index (χ0n) is 16.8. The van der Waals surface area contributed by atoms with Gasteiger partial charge < -0.3 is 10.6 Å². The molecule has 0 aliphatic carbocycles. The summed E-state index contributed by atoms with van der Waals surface area (Å²) in [5, 5.41) is 0. The van der Waals surface area contributed by atoms with Crippen molar-refractivity contribution in [3.05, 3.63) is 71.8 Å². The lowest BCUT2D eigenvalue weighted by atomic mass is 9.89. The predicted molar refractivity (Wildman–Crippen MR) is 118 cm³/mol. The summed E-state index contributed by atoms with van der Waals surface area (Å²) < 4.78 is 0. The van der Waals surface area contributed by atoms with Gasteiger partial charge in [-0.05, 0) is 37.4 Å². The summed E-state index contributed by atoms with van der Waals surface area (Å²) in [6, 6.07) is 20.9. The number of benzene rings is 2. The first-order valence-electron chi connectivity index (χ1n) is 9.89. The van der Waals surface area contributed by atoms with Crippen LogP contribution in [-0.4, -0.2) is 47.9 Å². The summed E-state index contributed by atoms with van der Waals surface area (Å²) in [5.41, 5.74) is 8.54. The van der Waals surface area contributed by atoms with Crippen LogP contribution in [0.3, 0.4) is 0 Å². The minimum Gasteiger partial charge on any atom is -0.335 e. The van der Waals surface area contributed by atoms with E-state index in [1.54, 1.807) is 0 Å². The van der Waals surface area contributed by atoms with Gasteiger partial charge in [-0.15, -0.1) is 12.4 Å². The SMILES string of the molecule is CC(C)N(Cc1ccccc1)C(=O)CN1C[C@@H](CN)[C@H](c2ccccc2)C1.Cl. The molecule has 28 heavy (non-hydrogen) atoms. The summed E-state index contributed by atoms with van der Waals surface area (Å²) in [5.74, 6) is 1.01. The predicted octanol–water partition coefficient (Wildman–Crippen LogP) is 3.52. The number of hydrogen-bond donors (Lipinski definition) is 1. The van der Waals surface area contributed by atoms with E-state index in [0.717, 1.165) is 13.1 Å². The van der Waals surface area contributed by atoms with Gasteiger partial charge in [-0.1, -0.05) is 60.7 Å². The van der Waals surface area contributed by atoms with Crippen LogP contribution in [0.1, 0.15) is 30.9 Å². The molecular weight excluding hydrogens is 370 g/mol. The van der Waals surface area contributed by atoms with Gasteiger partial charge in [-0.3, -0.25) is 9.69 Å². The molecule has 0 bridgehead atoms. The molecule has 1 amide bonds. The van der Waals surface area contributed by atoms with E-state index in [-0.39, 0.29) is 24.4 Å². The second kappa shape index (κ2) is 10.6. The zero-order valence-corrected chi connectivity index (χ0v) is 17.6. The Morgan fingerprint density at radius 2 is 1.68 bits per heavy atom. The number of hydrogen-bond acceptors (Lipinski definition) is 3. The normalized spacial score (nSPS) is 19.4. The first-order valence-corrected chi connectivity index (χ1v) is 9.89. The van der Waals surface area contributed by atoms with Crippen molar-refractivity contribution in [3.8, 4) is 0 Å². The van der Waals surface area contributed by atoms with E-state index in [0.29, 0.717) is 31.5 Å². The summed E-state index contributed by atoms with van der Waals surface area (Å²) in [6.45, 7) is 7.73. The van der Waals surface area contributed by atoms with E-state index in [1.807, 2.05) is 29.2 Å². The van der Waals surface area contributed by atoms with Gasteiger partial charge in [0, 0.05) is 31.6 Å². The van der Waals surface area contributed by atoms with Crippen LogP contribution in [0.4, 0.5) is 0 Å². The smallest absolute Gasteiger partial charge is 0.237 e. The summed E-state index contributed by atoms with van der Waals surface area (Å²) >= 11 is 0. The zero-order chi connectivity index (χ0) is 19.2. The molecule has 0 saturated carbocycles. The Balaban J connectivity index is 0.00000280.